The Bertz CT molecular complexity index is 1010. The molecule has 150 valence electrons. The second-order valence-corrected chi connectivity index (χ2v) is 7.76. The van der Waals surface area contributed by atoms with E-state index in [1.54, 1.807) is 12.1 Å². The maximum atomic E-state index is 13.4. The number of carbonyl (C=O) groups is 1. The number of ether oxygens (including phenoxy) is 1. The molecule has 0 aliphatic carbocycles. The highest BCUT2D eigenvalue weighted by molar-refractivity contribution is 6.07. The van der Waals surface area contributed by atoms with Gasteiger partial charge in [0, 0.05) is 24.0 Å². The van der Waals surface area contributed by atoms with Gasteiger partial charge in [0.15, 0.2) is 0 Å². The summed E-state index contributed by atoms with van der Waals surface area (Å²) >= 11 is 0. The number of benzene rings is 2. The van der Waals surface area contributed by atoms with Gasteiger partial charge in [-0.1, -0.05) is 18.2 Å². The maximum Gasteiger partial charge on any atom is 0.254 e. The van der Waals surface area contributed by atoms with Gasteiger partial charge in [0.05, 0.1) is 29.0 Å². The lowest BCUT2D eigenvalue weighted by atomic mass is 10.0. The number of likely N-dealkylation sites (tertiary alicyclic amines) is 1. The number of amides is 1. The number of nitrogens with zero attached hydrogens (tertiary/aromatic N) is 2. The maximum absolute atomic E-state index is 13.4. The van der Waals surface area contributed by atoms with Gasteiger partial charge in [-0.25, -0.2) is 9.37 Å². The van der Waals surface area contributed by atoms with E-state index in [0.717, 1.165) is 29.3 Å². The van der Waals surface area contributed by atoms with Gasteiger partial charge in [0.2, 0.25) is 0 Å². The molecular weight excluding hydrogens is 367 g/mol. The molecule has 1 aromatic heterocycles. The number of hydrogen-bond donors (Lipinski definition) is 0. The molecule has 0 N–H and O–H groups in total. The molecule has 1 saturated heterocycles. The lowest BCUT2D eigenvalue weighted by molar-refractivity contribution is -0.0236. The van der Waals surface area contributed by atoms with Crippen molar-refractivity contribution in [3.63, 3.8) is 0 Å². The third kappa shape index (κ3) is 4.30. The van der Waals surface area contributed by atoms with Crippen LogP contribution in [0.5, 0.6) is 0 Å². The minimum atomic E-state index is -0.294. The fourth-order valence-electron chi connectivity index (χ4n) is 3.87. The van der Waals surface area contributed by atoms with E-state index in [-0.39, 0.29) is 23.9 Å². The molecule has 5 heteroatoms. The number of fused-ring (bicyclic) bond motifs is 1. The van der Waals surface area contributed by atoms with Crippen LogP contribution in [-0.2, 0) is 4.74 Å². The van der Waals surface area contributed by atoms with Gasteiger partial charge in [-0.2, -0.15) is 0 Å². The van der Waals surface area contributed by atoms with E-state index < -0.39 is 0 Å². The van der Waals surface area contributed by atoms with Gasteiger partial charge in [-0.3, -0.25) is 4.79 Å². The van der Waals surface area contributed by atoms with Crippen molar-refractivity contribution in [1.82, 2.24) is 9.88 Å². The molecule has 1 fully saturated rings. The SMILES string of the molecule is CC(C)OC1CCN(C(=O)c2cc(-c3ccc(F)cc3)nc3ccccc23)CC1. The summed E-state index contributed by atoms with van der Waals surface area (Å²) in [6.07, 6.45) is 2.10. The van der Waals surface area contributed by atoms with E-state index in [1.165, 1.54) is 12.1 Å². The minimum absolute atomic E-state index is 0.00922. The predicted molar refractivity (Wildman–Crippen MR) is 112 cm³/mol. The van der Waals surface area contributed by atoms with Crippen LogP contribution in [0.4, 0.5) is 4.39 Å². The Morgan fingerprint density at radius 3 is 2.48 bits per heavy atom. The first-order valence-electron chi connectivity index (χ1n) is 10.1. The summed E-state index contributed by atoms with van der Waals surface area (Å²) in [4.78, 5) is 20.0. The summed E-state index contributed by atoms with van der Waals surface area (Å²) in [6.45, 7) is 5.44. The Kier molecular flexibility index (Phi) is 5.58. The fraction of sp³-hybridized carbons (Fsp3) is 0.333. The van der Waals surface area contributed by atoms with E-state index >= 15 is 0 Å². The van der Waals surface area contributed by atoms with Gasteiger partial charge in [-0.15, -0.1) is 0 Å². The molecule has 0 unspecified atom stereocenters. The first kappa shape index (κ1) is 19.5. The van der Waals surface area contributed by atoms with Crippen molar-refractivity contribution in [1.29, 1.82) is 0 Å². The first-order chi connectivity index (χ1) is 14.0. The van der Waals surface area contributed by atoms with Crippen LogP contribution < -0.4 is 0 Å². The van der Waals surface area contributed by atoms with Gasteiger partial charge in [0.25, 0.3) is 5.91 Å². The topological polar surface area (TPSA) is 42.4 Å². The van der Waals surface area contributed by atoms with Crippen molar-refractivity contribution >= 4 is 16.8 Å². The van der Waals surface area contributed by atoms with Gasteiger partial charge in [-0.05, 0) is 63.1 Å². The van der Waals surface area contributed by atoms with Crippen molar-refractivity contribution in [2.24, 2.45) is 0 Å². The minimum Gasteiger partial charge on any atom is -0.375 e. The number of pyridine rings is 1. The van der Waals surface area contributed by atoms with E-state index in [9.17, 15) is 9.18 Å². The Morgan fingerprint density at radius 1 is 1.10 bits per heavy atom. The second-order valence-electron chi connectivity index (χ2n) is 7.76. The lowest BCUT2D eigenvalue weighted by Crippen LogP contribution is -2.41. The summed E-state index contributed by atoms with van der Waals surface area (Å²) < 4.78 is 19.2. The smallest absolute Gasteiger partial charge is 0.254 e. The lowest BCUT2D eigenvalue weighted by Gasteiger charge is -2.33. The monoisotopic (exact) mass is 392 g/mol. The van der Waals surface area contributed by atoms with Crippen LogP contribution in [0.2, 0.25) is 0 Å². The Labute approximate surface area is 170 Å². The van der Waals surface area contributed by atoms with Crippen LogP contribution in [0.1, 0.15) is 37.0 Å². The molecule has 0 saturated carbocycles. The molecule has 3 aromatic rings. The molecule has 29 heavy (non-hydrogen) atoms. The van der Waals surface area contributed by atoms with Crippen molar-refractivity contribution < 1.29 is 13.9 Å². The summed E-state index contributed by atoms with van der Waals surface area (Å²) in [6, 6.07) is 15.7. The molecule has 4 rings (SSSR count). The van der Waals surface area contributed by atoms with Crippen molar-refractivity contribution in [3.05, 3.63) is 66.0 Å². The van der Waals surface area contributed by atoms with Crippen LogP contribution in [0.25, 0.3) is 22.2 Å². The molecule has 0 radical (unpaired) electrons. The number of hydrogen-bond acceptors (Lipinski definition) is 3. The average molecular weight is 392 g/mol. The second kappa shape index (κ2) is 8.29. The average Bonchev–Trinajstić information content (AvgIpc) is 2.73. The summed E-state index contributed by atoms with van der Waals surface area (Å²) in [5.41, 5.74) is 2.86. The Hall–Kier alpha value is -2.79. The number of rotatable bonds is 4. The van der Waals surface area contributed by atoms with Gasteiger partial charge < -0.3 is 9.64 Å². The zero-order valence-corrected chi connectivity index (χ0v) is 16.8. The molecule has 4 nitrogen and oxygen atoms in total. The van der Waals surface area contributed by atoms with Crippen LogP contribution in [0.3, 0.4) is 0 Å². The molecule has 0 atom stereocenters. The Balaban J connectivity index is 1.65. The highest BCUT2D eigenvalue weighted by atomic mass is 19.1. The summed E-state index contributed by atoms with van der Waals surface area (Å²) in [7, 11) is 0. The standard InChI is InChI=1S/C24H25FN2O2/c1-16(2)29-19-11-13-27(14-12-19)24(28)21-15-23(17-7-9-18(25)10-8-17)26-22-6-4-3-5-20(21)22/h3-10,15-16,19H,11-14H2,1-2H3. The number of aromatic nitrogens is 1. The van der Waals surface area contributed by atoms with Gasteiger partial charge in [0.1, 0.15) is 5.82 Å². The largest absolute Gasteiger partial charge is 0.375 e. The molecule has 1 aliphatic heterocycles. The molecule has 0 spiro atoms. The predicted octanol–water partition coefficient (Wildman–Crippen LogP) is 5.07. The van der Waals surface area contributed by atoms with Crippen molar-refractivity contribution in [3.8, 4) is 11.3 Å². The number of para-hydroxylation sites is 1. The zero-order chi connectivity index (χ0) is 20.4. The van der Waals surface area contributed by atoms with E-state index in [1.807, 2.05) is 49.1 Å². The Morgan fingerprint density at radius 2 is 1.79 bits per heavy atom. The third-order valence-electron chi connectivity index (χ3n) is 5.28. The highest BCUT2D eigenvalue weighted by Gasteiger charge is 2.26. The summed E-state index contributed by atoms with van der Waals surface area (Å²) in [5.74, 6) is -0.285. The van der Waals surface area contributed by atoms with Crippen LogP contribution >= 0.6 is 0 Å². The molecule has 0 bridgehead atoms. The third-order valence-corrected chi connectivity index (χ3v) is 5.28. The quantitative estimate of drug-likeness (QED) is 0.622. The number of piperidine rings is 1. The van der Waals surface area contributed by atoms with Crippen LogP contribution in [0, 0.1) is 5.82 Å². The molecule has 2 heterocycles. The van der Waals surface area contributed by atoms with E-state index in [2.05, 4.69) is 0 Å². The van der Waals surface area contributed by atoms with Crippen LogP contribution in [0.15, 0.2) is 54.6 Å². The van der Waals surface area contributed by atoms with E-state index in [4.69, 9.17) is 9.72 Å². The van der Waals surface area contributed by atoms with Gasteiger partial charge >= 0.3 is 0 Å². The highest BCUT2D eigenvalue weighted by Crippen LogP contribution is 2.27. The first-order valence-corrected chi connectivity index (χ1v) is 10.1. The fourth-order valence-corrected chi connectivity index (χ4v) is 3.87. The molecule has 1 aliphatic rings. The normalized spacial score (nSPS) is 15.2. The van der Waals surface area contributed by atoms with Crippen LogP contribution in [-0.4, -0.2) is 41.1 Å². The molecule has 1 amide bonds. The summed E-state index contributed by atoms with van der Waals surface area (Å²) in [5, 5.41) is 0.837. The van der Waals surface area contributed by atoms with Crippen molar-refractivity contribution in [2.75, 3.05) is 13.1 Å². The number of halogens is 1. The van der Waals surface area contributed by atoms with Crippen molar-refractivity contribution in [2.45, 2.75) is 38.9 Å². The van der Waals surface area contributed by atoms with E-state index in [0.29, 0.717) is 24.3 Å². The zero-order valence-electron chi connectivity index (χ0n) is 16.8. The molecule has 2 aromatic carbocycles. The molecular formula is C24H25FN2O2. The number of carbonyl (C=O) groups excluding carboxylic acids is 1.